The smallest absolute Gasteiger partial charge is 0.332 e. The predicted molar refractivity (Wildman–Crippen MR) is 104 cm³/mol. The van der Waals surface area contributed by atoms with E-state index in [4.69, 9.17) is 17.3 Å². The van der Waals surface area contributed by atoms with Gasteiger partial charge in [0.15, 0.2) is 0 Å². The van der Waals surface area contributed by atoms with Crippen LogP contribution < -0.4 is 16.0 Å². The molecule has 1 aliphatic heterocycles. The average molecular weight is 401 g/mol. The summed E-state index contributed by atoms with van der Waals surface area (Å²) in [5, 5.41) is 3.09. The van der Waals surface area contributed by atoms with Gasteiger partial charge in [0, 0.05) is 22.0 Å². The number of nitrogens with one attached hydrogen (secondary N) is 1. The molecule has 1 fully saturated rings. The third kappa shape index (κ3) is 3.81. The lowest BCUT2D eigenvalue weighted by Crippen LogP contribution is -2.39. The van der Waals surface area contributed by atoms with Crippen LogP contribution in [0, 0.1) is 0 Å². The normalized spacial score (nSPS) is 16.4. The fourth-order valence-electron chi connectivity index (χ4n) is 2.87. The minimum absolute atomic E-state index is 0.301. The highest BCUT2D eigenvalue weighted by atomic mass is 35.5. The number of carbonyl (C=O) groups is 4. The van der Waals surface area contributed by atoms with Crippen molar-refractivity contribution in [1.82, 2.24) is 4.90 Å². The summed E-state index contributed by atoms with van der Waals surface area (Å²) >= 11 is 5.86. The van der Waals surface area contributed by atoms with Crippen LogP contribution in [-0.2, 0) is 9.59 Å². The number of amides is 5. The molecular formula is C19H17ClN4O4. The van der Waals surface area contributed by atoms with Gasteiger partial charge >= 0.3 is 6.03 Å². The number of carbonyl (C=O) groups excluding carboxylic acids is 4. The lowest BCUT2D eigenvalue weighted by atomic mass is 10.2. The molecule has 0 radical (unpaired) electrons. The van der Waals surface area contributed by atoms with Crippen LogP contribution in [0.25, 0.3) is 0 Å². The largest absolute Gasteiger partial charge is 0.366 e. The van der Waals surface area contributed by atoms with E-state index in [1.807, 2.05) is 0 Å². The highest BCUT2D eigenvalue weighted by molar-refractivity contribution is 6.30. The Kier molecular flexibility index (Phi) is 5.32. The van der Waals surface area contributed by atoms with Gasteiger partial charge in [-0.1, -0.05) is 11.6 Å². The number of urea groups is 1. The minimum atomic E-state index is -0.740. The number of hydrogen-bond donors (Lipinski definition) is 2. The standard InChI is InChI=1S/C19H17ClN4O4/c1-11-18(27)23(19(28)24(11)15-8-4-13(20)5-9-15)10-16(25)22-14-6-2-12(3-7-14)17(21)26/h2-9,11H,10H2,1H3,(H2,21,26)(H,22,25)/t11-/m0/s1. The van der Waals surface area contributed by atoms with E-state index in [0.717, 1.165) is 4.90 Å². The molecule has 0 aromatic heterocycles. The molecular weight excluding hydrogens is 384 g/mol. The Balaban J connectivity index is 1.70. The summed E-state index contributed by atoms with van der Waals surface area (Å²) < 4.78 is 0. The highest BCUT2D eigenvalue weighted by Crippen LogP contribution is 2.27. The van der Waals surface area contributed by atoms with E-state index in [1.54, 1.807) is 31.2 Å². The minimum Gasteiger partial charge on any atom is -0.366 e. The molecule has 5 amide bonds. The van der Waals surface area contributed by atoms with Crippen molar-refractivity contribution in [2.24, 2.45) is 5.73 Å². The molecule has 144 valence electrons. The Morgan fingerprint density at radius 1 is 1.07 bits per heavy atom. The fraction of sp³-hybridized carbons (Fsp3) is 0.158. The zero-order valence-corrected chi connectivity index (χ0v) is 15.6. The summed E-state index contributed by atoms with van der Waals surface area (Å²) in [7, 11) is 0. The summed E-state index contributed by atoms with van der Waals surface area (Å²) in [5.74, 6) is -1.60. The van der Waals surface area contributed by atoms with Gasteiger partial charge in [-0.2, -0.15) is 0 Å². The van der Waals surface area contributed by atoms with Crippen molar-refractivity contribution in [3.63, 3.8) is 0 Å². The number of anilines is 2. The Bertz CT molecular complexity index is 943. The zero-order chi connectivity index (χ0) is 20.4. The van der Waals surface area contributed by atoms with Crippen molar-refractivity contribution in [2.45, 2.75) is 13.0 Å². The van der Waals surface area contributed by atoms with E-state index in [0.29, 0.717) is 22.0 Å². The number of imide groups is 1. The van der Waals surface area contributed by atoms with E-state index in [1.165, 1.54) is 29.2 Å². The number of nitrogens with zero attached hydrogens (tertiary/aromatic N) is 2. The molecule has 2 aromatic rings. The van der Waals surface area contributed by atoms with Crippen molar-refractivity contribution in [3.05, 3.63) is 59.1 Å². The molecule has 2 aromatic carbocycles. The third-order valence-electron chi connectivity index (χ3n) is 4.31. The Labute approximate surface area is 165 Å². The van der Waals surface area contributed by atoms with Crippen LogP contribution in [0.15, 0.2) is 48.5 Å². The van der Waals surface area contributed by atoms with Crippen molar-refractivity contribution >= 4 is 46.7 Å². The summed E-state index contributed by atoms with van der Waals surface area (Å²) in [5.41, 5.74) is 6.40. The molecule has 8 nitrogen and oxygen atoms in total. The van der Waals surface area contributed by atoms with E-state index in [9.17, 15) is 19.2 Å². The van der Waals surface area contributed by atoms with Gasteiger partial charge in [0.1, 0.15) is 12.6 Å². The van der Waals surface area contributed by atoms with E-state index >= 15 is 0 Å². The van der Waals surface area contributed by atoms with Gasteiger partial charge in [-0.25, -0.2) is 4.79 Å². The Morgan fingerprint density at radius 2 is 1.68 bits per heavy atom. The third-order valence-corrected chi connectivity index (χ3v) is 4.56. The molecule has 1 saturated heterocycles. The van der Waals surface area contributed by atoms with E-state index in [-0.39, 0.29) is 0 Å². The van der Waals surface area contributed by atoms with Crippen LogP contribution in [0.5, 0.6) is 0 Å². The first kappa shape index (κ1) is 19.4. The van der Waals surface area contributed by atoms with Crippen LogP contribution in [-0.4, -0.2) is 41.2 Å². The molecule has 0 saturated carbocycles. The van der Waals surface area contributed by atoms with Gasteiger partial charge in [-0.05, 0) is 55.5 Å². The lowest BCUT2D eigenvalue weighted by Gasteiger charge is -2.19. The predicted octanol–water partition coefficient (Wildman–Crippen LogP) is 2.23. The maximum Gasteiger partial charge on any atom is 0.332 e. The topological polar surface area (TPSA) is 113 Å². The van der Waals surface area contributed by atoms with E-state index < -0.39 is 36.3 Å². The average Bonchev–Trinajstić information content (AvgIpc) is 2.86. The lowest BCUT2D eigenvalue weighted by molar-refractivity contribution is -0.130. The van der Waals surface area contributed by atoms with Gasteiger partial charge in [0.25, 0.3) is 5.91 Å². The molecule has 0 aliphatic carbocycles. The first-order valence-electron chi connectivity index (χ1n) is 8.38. The molecule has 1 atom stereocenters. The van der Waals surface area contributed by atoms with Crippen LogP contribution >= 0.6 is 11.6 Å². The maximum atomic E-state index is 12.7. The first-order chi connectivity index (χ1) is 13.3. The van der Waals surface area contributed by atoms with Crippen LogP contribution in [0.1, 0.15) is 17.3 Å². The van der Waals surface area contributed by atoms with Gasteiger partial charge in [-0.15, -0.1) is 0 Å². The van der Waals surface area contributed by atoms with Crippen LogP contribution in [0.3, 0.4) is 0 Å². The maximum absolute atomic E-state index is 12.7. The van der Waals surface area contributed by atoms with Crippen molar-refractivity contribution in [3.8, 4) is 0 Å². The van der Waals surface area contributed by atoms with E-state index in [2.05, 4.69) is 5.32 Å². The molecule has 1 aliphatic rings. The molecule has 1 heterocycles. The highest BCUT2D eigenvalue weighted by Gasteiger charge is 2.44. The second-order valence-electron chi connectivity index (χ2n) is 6.22. The molecule has 0 unspecified atom stereocenters. The summed E-state index contributed by atoms with van der Waals surface area (Å²) in [6.45, 7) is 1.17. The Morgan fingerprint density at radius 3 is 2.25 bits per heavy atom. The van der Waals surface area contributed by atoms with Crippen LogP contribution in [0.2, 0.25) is 5.02 Å². The second-order valence-corrected chi connectivity index (χ2v) is 6.66. The summed E-state index contributed by atoms with van der Waals surface area (Å²) in [6.07, 6.45) is 0. The Hall–Kier alpha value is -3.39. The number of benzene rings is 2. The zero-order valence-electron chi connectivity index (χ0n) is 14.9. The van der Waals surface area contributed by atoms with Gasteiger partial charge in [0.05, 0.1) is 0 Å². The number of halogens is 1. The van der Waals surface area contributed by atoms with Gasteiger partial charge in [-0.3, -0.25) is 24.2 Å². The van der Waals surface area contributed by atoms with Crippen LogP contribution in [0.4, 0.5) is 16.2 Å². The molecule has 0 bridgehead atoms. The summed E-state index contributed by atoms with van der Waals surface area (Å²) in [4.78, 5) is 50.7. The monoisotopic (exact) mass is 400 g/mol. The summed E-state index contributed by atoms with van der Waals surface area (Å²) in [6, 6.07) is 11.1. The molecule has 0 spiro atoms. The number of primary amides is 1. The number of hydrogen-bond acceptors (Lipinski definition) is 4. The molecule has 3 rings (SSSR count). The molecule has 9 heteroatoms. The number of nitrogens with two attached hydrogens (primary N) is 1. The van der Waals surface area contributed by atoms with Crippen molar-refractivity contribution in [1.29, 1.82) is 0 Å². The quantitative estimate of drug-likeness (QED) is 0.749. The fourth-order valence-corrected chi connectivity index (χ4v) is 3.00. The second kappa shape index (κ2) is 7.69. The molecule has 28 heavy (non-hydrogen) atoms. The van der Waals surface area contributed by atoms with Gasteiger partial charge < -0.3 is 11.1 Å². The van der Waals surface area contributed by atoms with Crippen molar-refractivity contribution < 1.29 is 19.2 Å². The number of rotatable bonds is 5. The SMILES string of the molecule is C[C@H]1C(=O)N(CC(=O)Nc2ccc(C(N)=O)cc2)C(=O)N1c1ccc(Cl)cc1. The molecule has 3 N–H and O–H groups in total. The van der Waals surface area contributed by atoms with Gasteiger partial charge in [0.2, 0.25) is 11.8 Å². The first-order valence-corrected chi connectivity index (χ1v) is 8.75. The van der Waals surface area contributed by atoms with Crippen molar-refractivity contribution in [2.75, 3.05) is 16.8 Å².